The van der Waals surface area contributed by atoms with Gasteiger partial charge >= 0.3 is 0 Å². The van der Waals surface area contributed by atoms with E-state index in [1.807, 2.05) is 4.57 Å². The maximum absolute atomic E-state index is 11.6. The van der Waals surface area contributed by atoms with Gasteiger partial charge in [-0.05, 0) is 12.8 Å². The lowest BCUT2D eigenvalue weighted by atomic mass is 10.7. The molecule has 2 aromatic heterocycles. The molecule has 2 heterocycles. The van der Waals surface area contributed by atoms with Crippen molar-refractivity contribution in [3.8, 4) is 0 Å². The topological polar surface area (TPSA) is 101 Å². The standard InChI is InChI=1S/C9H11N7OS/c17-7(13-8-10-4-11-14-8)3-18-9-15-12-5-16(9)6-1-2-6/h4-6H,1-3H2,(H2,10,11,13,14,17). The summed E-state index contributed by atoms with van der Waals surface area (Å²) in [6, 6.07) is 0.514. The second-order valence-electron chi connectivity index (χ2n) is 3.92. The number of rotatable bonds is 5. The molecule has 3 rings (SSSR count). The first-order valence-electron chi connectivity index (χ1n) is 5.50. The Morgan fingerprint density at radius 3 is 3.22 bits per heavy atom. The Balaban J connectivity index is 1.54. The number of hydrogen-bond donors (Lipinski definition) is 2. The van der Waals surface area contributed by atoms with Crippen LogP contribution in [-0.4, -0.2) is 41.6 Å². The summed E-state index contributed by atoms with van der Waals surface area (Å²) in [4.78, 5) is 15.4. The van der Waals surface area contributed by atoms with E-state index < -0.39 is 0 Å². The van der Waals surface area contributed by atoms with Crippen LogP contribution in [0.2, 0.25) is 0 Å². The molecule has 9 heteroatoms. The molecule has 1 fully saturated rings. The van der Waals surface area contributed by atoms with Gasteiger partial charge in [-0.15, -0.1) is 10.2 Å². The largest absolute Gasteiger partial charge is 0.306 e. The predicted octanol–water partition coefficient (Wildman–Crippen LogP) is 0.462. The molecule has 8 nitrogen and oxygen atoms in total. The van der Waals surface area contributed by atoms with E-state index in [2.05, 4.69) is 30.7 Å². The second kappa shape index (κ2) is 4.77. The van der Waals surface area contributed by atoms with Crippen LogP contribution in [-0.2, 0) is 4.79 Å². The average molecular weight is 265 g/mol. The zero-order valence-electron chi connectivity index (χ0n) is 9.41. The summed E-state index contributed by atoms with van der Waals surface area (Å²) in [7, 11) is 0. The van der Waals surface area contributed by atoms with Gasteiger partial charge in [0, 0.05) is 6.04 Å². The van der Waals surface area contributed by atoms with Gasteiger partial charge in [0.15, 0.2) is 5.16 Å². The Kier molecular flexibility index (Phi) is 2.97. The first kappa shape index (κ1) is 11.2. The minimum Gasteiger partial charge on any atom is -0.306 e. The number of carbonyl (C=O) groups is 1. The Morgan fingerprint density at radius 2 is 2.50 bits per heavy atom. The SMILES string of the molecule is O=C(CSc1nncn1C1CC1)Nc1ncn[nH]1. The lowest BCUT2D eigenvalue weighted by Crippen LogP contribution is -2.15. The van der Waals surface area contributed by atoms with Gasteiger partial charge in [0.1, 0.15) is 12.7 Å². The fourth-order valence-corrected chi connectivity index (χ4v) is 2.28. The highest BCUT2D eigenvalue weighted by molar-refractivity contribution is 7.99. The van der Waals surface area contributed by atoms with E-state index in [1.54, 1.807) is 6.33 Å². The van der Waals surface area contributed by atoms with E-state index >= 15 is 0 Å². The van der Waals surface area contributed by atoms with Crippen LogP contribution in [0.5, 0.6) is 0 Å². The average Bonchev–Trinajstić information content (AvgIpc) is 2.90. The molecule has 2 N–H and O–H groups in total. The molecule has 0 radical (unpaired) electrons. The van der Waals surface area contributed by atoms with Gasteiger partial charge in [0.05, 0.1) is 5.75 Å². The third-order valence-electron chi connectivity index (χ3n) is 2.49. The molecule has 2 aromatic rings. The number of amides is 1. The molecule has 0 bridgehead atoms. The van der Waals surface area contributed by atoms with Crippen molar-refractivity contribution in [2.75, 3.05) is 11.1 Å². The molecule has 0 unspecified atom stereocenters. The minimum absolute atomic E-state index is 0.151. The number of aromatic nitrogens is 6. The highest BCUT2D eigenvalue weighted by Gasteiger charge is 2.26. The third-order valence-corrected chi connectivity index (χ3v) is 3.44. The van der Waals surface area contributed by atoms with Crippen LogP contribution in [0.1, 0.15) is 18.9 Å². The smallest absolute Gasteiger partial charge is 0.237 e. The highest BCUT2D eigenvalue weighted by atomic mass is 32.2. The molecule has 1 aliphatic rings. The first-order chi connectivity index (χ1) is 8.83. The number of aromatic amines is 1. The molecular weight excluding hydrogens is 254 g/mol. The van der Waals surface area contributed by atoms with Crippen LogP contribution in [0, 0.1) is 0 Å². The van der Waals surface area contributed by atoms with Crippen molar-refractivity contribution < 1.29 is 4.79 Å². The van der Waals surface area contributed by atoms with E-state index in [0.717, 1.165) is 18.0 Å². The highest BCUT2D eigenvalue weighted by Crippen LogP contribution is 2.37. The van der Waals surface area contributed by atoms with E-state index in [1.165, 1.54) is 18.1 Å². The number of nitrogens with one attached hydrogen (secondary N) is 2. The van der Waals surface area contributed by atoms with E-state index in [-0.39, 0.29) is 11.7 Å². The van der Waals surface area contributed by atoms with Crippen LogP contribution >= 0.6 is 11.8 Å². The number of hydrogen-bond acceptors (Lipinski definition) is 6. The monoisotopic (exact) mass is 265 g/mol. The fourth-order valence-electron chi connectivity index (χ4n) is 1.50. The van der Waals surface area contributed by atoms with Gasteiger partial charge in [0.25, 0.3) is 0 Å². The van der Waals surface area contributed by atoms with E-state index in [0.29, 0.717) is 12.0 Å². The predicted molar refractivity (Wildman–Crippen MR) is 64.0 cm³/mol. The Bertz CT molecular complexity index is 533. The molecule has 1 saturated carbocycles. The third kappa shape index (κ3) is 2.50. The summed E-state index contributed by atoms with van der Waals surface area (Å²) in [5.41, 5.74) is 0. The molecule has 0 atom stereocenters. The van der Waals surface area contributed by atoms with Gasteiger partial charge in [-0.3, -0.25) is 10.1 Å². The maximum Gasteiger partial charge on any atom is 0.237 e. The van der Waals surface area contributed by atoms with Crippen molar-refractivity contribution in [1.29, 1.82) is 0 Å². The van der Waals surface area contributed by atoms with Crippen LogP contribution in [0.15, 0.2) is 17.8 Å². The van der Waals surface area contributed by atoms with E-state index in [4.69, 9.17) is 0 Å². The molecule has 18 heavy (non-hydrogen) atoms. The molecular formula is C9H11N7OS. The van der Waals surface area contributed by atoms with Crippen LogP contribution < -0.4 is 5.32 Å². The summed E-state index contributed by atoms with van der Waals surface area (Å²) in [6.45, 7) is 0. The normalized spacial score (nSPS) is 14.7. The van der Waals surface area contributed by atoms with Gasteiger partial charge in [0.2, 0.25) is 11.9 Å². The lowest BCUT2D eigenvalue weighted by Gasteiger charge is -2.03. The molecule has 0 spiro atoms. The fraction of sp³-hybridized carbons (Fsp3) is 0.444. The molecule has 0 aliphatic heterocycles. The summed E-state index contributed by atoms with van der Waals surface area (Å²) in [6.07, 6.45) is 5.38. The number of H-pyrrole nitrogens is 1. The van der Waals surface area contributed by atoms with Crippen LogP contribution in [0.25, 0.3) is 0 Å². The zero-order chi connectivity index (χ0) is 12.4. The van der Waals surface area contributed by atoms with Crippen molar-refractivity contribution in [3.63, 3.8) is 0 Å². The minimum atomic E-state index is -0.151. The molecule has 0 saturated heterocycles. The Hall–Kier alpha value is -1.90. The molecule has 0 aromatic carbocycles. The zero-order valence-corrected chi connectivity index (χ0v) is 10.2. The van der Waals surface area contributed by atoms with Crippen molar-refractivity contribution in [3.05, 3.63) is 12.7 Å². The van der Waals surface area contributed by atoms with Crippen LogP contribution in [0.4, 0.5) is 5.95 Å². The van der Waals surface area contributed by atoms with Crippen molar-refractivity contribution in [2.45, 2.75) is 24.0 Å². The van der Waals surface area contributed by atoms with Crippen LogP contribution in [0.3, 0.4) is 0 Å². The van der Waals surface area contributed by atoms with Gasteiger partial charge in [-0.25, -0.2) is 5.10 Å². The van der Waals surface area contributed by atoms with Crippen molar-refractivity contribution in [1.82, 2.24) is 29.9 Å². The number of anilines is 1. The van der Waals surface area contributed by atoms with Crippen molar-refractivity contribution >= 4 is 23.6 Å². The van der Waals surface area contributed by atoms with Crippen molar-refractivity contribution in [2.24, 2.45) is 0 Å². The molecule has 94 valence electrons. The number of carbonyl (C=O) groups excluding carboxylic acids is 1. The second-order valence-corrected chi connectivity index (χ2v) is 4.87. The van der Waals surface area contributed by atoms with E-state index in [9.17, 15) is 4.79 Å². The Morgan fingerprint density at radius 1 is 1.61 bits per heavy atom. The summed E-state index contributed by atoms with van der Waals surface area (Å²) >= 11 is 1.37. The molecule has 1 amide bonds. The van der Waals surface area contributed by atoms with Gasteiger partial charge in [-0.1, -0.05) is 11.8 Å². The summed E-state index contributed by atoms with van der Waals surface area (Å²) in [5.74, 6) is 0.470. The number of nitrogens with zero attached hydrogens (tertiary/aromatic N) is 5. The number of thioether (sulfide) groups is 1. The maximum atomic E-state index is 11.6. The molecule has 1 aliphatic carbocycles. The summed E-state index contributed by atoms with van der Waals surface area (Å²) in [5, 5.41) is 17.5. The Labute approximate surface area is 107 Å². The quantitative estimate of drug-likeness (QED) is 0.762. The lowest BCUT2D eigenvalue weighted by molar-refractivity contribution is -0.113. The van der Waals surface area contributed by atoms with Gasteiger partial charge in [-0.2, -0.15) is 10.1 Å². The summed E-state index contributed by atoms with van der Waals surface area (Å²) < 4.78 is 2.02. The first-order valence-corrected chi connectivity index (χ1v) is 6.49. The van der Waals surface area contributed by atoms with Gasteiger partial charge < -0.3 is 4.57 Å².